The molecule has 2 aliphatic heterocycles. The lowest BCUT2D eigenvalue weighted by molar-refractivity contribution is -0.188. The molecule has 1 aromatic heterocycles. The minimum Gasteiger partial charge on any atom is -0.496 e. The topological polar surface area (TPSA) is 109 Å². The van der Waals surface area contributed by atoms with Crippen LogP contribution < -0.4 is 4.74 Å². The summed E-state index contributed by atoms with van der Waals surface area (Å²) in [4.78, 5) is 46.9. The summed E-state index contributed by atoms with van der Waals surface area (Å²) in [6.07, 6.45) is -0.769. The molecule has 0 spiro atoms. The summed E-state index contributed by atoms with van der Waals surface area (Å²) < 4.78 is 25.2. The van der Waals surface area contributed by atoms with Crippen molar-refractivity contribution in [1.29, 1.82) is 0 Å². The molecule has 3 atom stereocenters. The van der Waals surface area contributed by atoms with Gasteiger partial charge in [0.15, 0.2) is 10.7 Å². The summed E-state index contributed by atoms with van der Waals surface area (Å²) in [5.41, 5.74) is -0.713. The Morgan fingerprint density at radius 3 is 2.52 bits per heavy atom. The van der Waals surface area contributed by atoms with E-state index >= 15 is 0 Å². The van der Waals surface area contributed by atoms with Crippen LogP contribution in [0.15, 0.2) is 16.6 Å². The van der Waals surface area contributed by atoms with E-state index in [1.807, 2.05) is 0 Å². The van der Waals surface area contributed by atoms with Crippen LogP contribution >= 0.6 is 39.3 Å². The molecule has 14 heteroatoms. The molecule has 42 heavy (non-hydrogen) atoms. The smallest absolute Gasteiger partial charge is 0.420 e. The first-order chi connectivity index (χ1) is 19.6. The van der Waals surface area contributed by atoms with Gasteiger partial charge in [-0.25, -0.2) is 14.2 Å². The van der Waals surface area contributed by atoms with Gasteiger partial charge in [-0.3, -0.25) is 14.5 Å². The molecule has 1 amide bonds. The second-order valence-electron chi connectivity index (χ2n) is 11.5. The second-order valence-corrected chi connectivity index (χ2v) is 14.0. The summed E-state index contributed by atoms with van der Waals surface area (Å²) >= 11 is 10.8. The van der Waals surface area contributed by atoms with Gasteiger partial charge in [-0.15, -0.1) is 0 Å². The number of aromatic nitrogens is 1. The van der Waals surface area contributed by atoms with Crippen LogP contribution in [0.4, 0.5) is 9.59 Å². The molecule has 2 aliphatic rings. The number of carbonyl (C=O) groups excluding carboxylic acids is 3. The zero-order valence-corrected chi connectivity index (χ0v) is 28.1. The molecule has 1 fully saturated rings. The van der Waals surface area contributed by atoms with Crippen molar-refractivity contribution in [3.05, 3.63) is 27.9 Å². The number of thioether (sulfide) groups is 1. The maximum Gasteiger partial charge on any atom is 0.420 e. The van der Waals surface area contributed by atoms with Crippen LogP contribution in [0.3, 0.4) is 0 Å². The van der Waals surface area contributed by atoms with Gasteiger partial charge < -0.3 is 18.9 Å². The first kappa shape index (κ1) is 32.9. The van der Waals surface area contributed by atoms with Gasteiger partial charge in [0.05, 0.1) is 41.5 Å². The van der Waals surface area contributed by atoms with Crippen LogP contribution in [0.5, 0.6) is 5.75 Å². The summed E-state index contributed by atoms with van der Waals surface area (Å²) in [6, 6.07) is 2.17. The van der Waals surface area contributed by atoms with Crippen LogP contribution in [0.25, 0.3) is 10.9 Å². The van der Waals surface area contributed by atoms with Crippen molar-refractivity contribution in [2.75, 3.05) is 26.2 Å². The lowest BCUT2D eigenvalue weighted by Crippen LogP contribution is -2.55. The molecule has 232 valence electrons. The van der Waals surface area contributed by atoms with Gasteiger partial charge in [0.25, 0.3) is 0 Å². The Balaban J connectivity index is 1.97. The van der Waals surface area contributed by atoms with E-state index in [0.29, 0.717) is 34.4 Å². The number of carbonyl (C=O) groups is 3. The zero-order chi connectivity index (χ0) is 31.1. The van der Waals surface area contributed by atoms with E-state index in [1.54, 1.807) is 70.7 Å². The van der Waals surface area contributed by atoms with Gasteiger partial charge in [0.1, 0.15) is 23.0 Å². The van der Waals surface area contributed by atoms with Crippen molar-refractivity contribution >= 4 is 67.5 Å². The van der Waals surface area contributed by atoms with E-state index < -0.39 is 41.2 Å². The summed E-state index contributed by atoms with van der Waals surface area (Å²) in [5, 5.41) is 2.38. The highest BCUT2D eigenvalue weighted by molar-refractivity contribution is 9.10. The maximum absolute atomic E-state index is 13.7. The number of amides is 1. The number of hydroxylamine groups is 2. The molecule has 1 aromatic carbocycles. The van der Waals surface area contributed by atoms with Gasteiger partial charge in [0, 0.05) is 18.9 Å². The largest absolute Gasteiger partial charge is 0.496 e. The van der Waals surface area contributed by atoms with Crippen molar-refractivity contribution < 1.29 is 38.2 Å². The van der Waals surface area contributed by atoms with Crippen LogP contribution in [-0.4, -0.2) is 81.0 Å². The predicted octanol–water partition coefficient (Wildman–Crippen LogP) is 6.42. The number of nitrogens with zero attached hydrogens (tertiary/aromatic N) is 3. The Bertz CT molecular complexity index is 1380. The Kier molecular flexibility index (Phi) is 9.81. The molecular formula is C28H37BrClN3O8S. The lowest BCUT2D eigenvalue weighted by atomic mass is 9.93. The first-order valence-corrected chi connectivity index (χ1v) is 15.7. The second kappa shape index (κ2) is 12.5. The van der Waals surface area contributed by atoms with Crippen molar-refractivity contribution in [2.45, 2.75) is 83.9 Å². The third kappa shape index (κ3) is 6.56. The molecule has 0 radical (unpaired) electrons. The average molecular weight is 691 g/mol. The van der Waals surface area contributed by atoms with E-state index in [4.69, 9.17) is 35.4 Å². The highest BCUT2D eigenvalue weighted by Crippen LogP contribution is 2.47. The van der Waals surface area contributed by atoms with Crippen LogP contribution in [0, 0.1) is 0 Å². The molecule has 2 aromatic rings. The lowest BCUT2D eigenvalue weighted by Gasteiger charge is -2.43. The molecule has 3 heterocycles. The maximum atomic E-state index is 13.7. The standard InChI is InChI=1S/C28H37BrClN3O8S/c1-15(30)40-25(35)32-18-9-10-20(37-8)22(29)21(18)17-11-12-31(39-14-42-16(2)34)24(23(17)32)19-13-38-28(6,7)33(19)26(36)41-27(3,4)5/h9-10,15,19,24H,11-14H2,1-8H3/t15?,19-,24+/m1/s1. The fraction of sp³-hybridized carbons (Fsp3) is 0.607. The van der Waals surface area contributed by atoms with Crippen molar-refractivity contribution in [1.82, 2.24) is 14.5 Å². The summed E-state index contributed by atoms with van der Waals surface area (Å²) in [6.45, 7) is 12.5. The number of halogens is 2. The number of ether oxygens (including phenoxy) is 4. The van der Waals surface area contributed by atoms with E-state index in [9.17, 15) is 14.4 Å². The highest BCUT2D eigenvalue weighted by Gasteiger charge is 2.53. The molecule has 0 saturated carbocycles. The third-order valence-corrected chi connectivity index (χ3v) is 8.48. The Labute approximate surface area is 263 Å². The highest BCUT2D eigenvalue weighted by atomic mass is 79.9. The number of fused-ring (bicyclic) bond motifs is 3. The Hall–Kier alpha value is -2.03. The number of benzene rings is 1. The molecule has 1 saturated heterocycles. The Morgan fingerprint density at radius 1 is 1.24 bits per heavy atom. The minimum absolute atomic E-state index is 0.0471. The summed E-state index contributed by atoms with van der Waals surface area (Å²) in [5.74, 6) is 0.640. The molecule has 1 unspecified atom stereocenters. The number of methoxy groups -OCH3 is 1. The monoisotopic (exact) mass is 689 g/mol. The molecule has 0 bridgehead atoms. The molecular weight excluding hydrogens is 654 g/mol. The SMILES string of the molecule is COc1ccc2c(c1Br)c1c(n2C(=O)OC(C)Cl)[C@H]([C@H]2COC(C)(C)N2C(=O)OC(C)(C)C)N(OCSC(C)=O)CC1. The fourth-order valence-electron chi connectivity index (χ4n) is 5.45. The number of alkyl halides is 1. The molecule has 0 N–H and O–H groups in total. The van der Waals surface area contributed by atoms with Crippen molar-refractivity contribution in [2.24, 2.45) is 0 Å². The number of hydrogen-bond donors (Lipinski definition) is 0. The van der Waals surface area contributed by atoms with Crippen molar-refractivity contribution in [3.63, 3.8) is 0 Å². The number of hydrogen-bond acceptors (Lipinski definition) is 10. The zero-order valence-electron chi connectivity index (χ0n) is 25.0. The van der Waals surface area contributed by atoms with E-state index in [1.165, 1.54) is 11.5 Å². The normalized spacial score (nSPS) is 21.2. The number of rotatable bonds is 6. The van der Waals surface area contributed by atoms with Gasteiger partial charge >= 0.3 is 12.2 Å². The van der Waals surface area contributed by atoms with Gasteiger partial charge in [-0.05, 0) is 81.6 Å². The molecule has 0 aliphatic carbocycles. The van der Waals surface area contributed by atoms with Crippen LogP contribution in [-0.2, 0) is 30.3 Å². The molecule has 4 rings (SSSR count). The predicted molar refractivity (Wildman–Crippen MR) is 163 cm³/mol. The van der Waals surface area contributed by atoms with Gasteiger partial charge in [-0.2, -0.15) is 5.06 Å². The Morgan fingerprint density at radius 2 is 1.93 bits per heavy atom. The fourth-order valence-corrected chi connectivity index (χ4v) is 6.61. The van der Waals surface area contributed by atoms with E-state index in [0.717, 1.165) is 22.7 Å². The summed E-state index contributed by atoms with van der Waals surface area (Å²) in [7, 11) is 1.57. The van der Waals surface area contributed by atoms with Crippen molar-refractivity contribution in [3.8, 4) is 5.75 Å². The minimum atomic E-state index is -1.03. The van der Waals surface area contributed by atoms with E-state index in [2.05, 4.69) is 15.9 Å². The third-order valence-electron chi connectivity index (χ3n) is 6.97. The van der Waals surface area contributed by atoms with E-state index in [-0.39, 0.29) is 17.7 Å². The van der Waals surface area contributed by atoms with Crippen LogP contribution in [0.1, 0.15) is 65.8 Å². The average Bonchev–Trinajstić information content (AvgIpc) is 3.36. The quantitative estimate of drug-likeness (QED) is 0.249. The first-order valence-electron chi connectivity index (χ1n) is 13.5. The van der Waals surface area contributed by atoms with Crippen LogP contribution in [0.2, 0.25) is 0 Å². The van der Waals surface area contributed by atoms with Gasteiger partial charge in [0.2, 0.25) is 0 Å². The molecule has 11 nitrogen and oxygen atoms in total. The van der Waals surface area contributed by atoms with Gasteiger partial charge in [-0.1, -0.05) is 23.4 Å².